The minimum atomic E-state index is -0.0295. The molecule has 2 N–H and O–H groups in total. The quantitative estimate of drug-likeness (QED) is 0.765. The zero-order valence-corrected chi connectivity index (χ0v) is 18.5. The molecular formula is C20H35Cl2N5O. The van der Waals surface area contributed by atoms with Gasteiger partial charge in [-0.15, -0.1) is 24.8 Å². The van der Waals surface area contributed by atoms with E-state index in [1.807, 2.05) is 6.20 Å². The van der Waals surface area contributed by atoms with Gasteiger partial charge in [0.15, 0.2) is 0 Å². The maximum Gasteiger partial charge on any atom is 0.268 e. The molecule has 3 heterocycles. The molecule has 1 unspecified atom stereocenters. The third kappa shape index (κ3) is 5.41. The lowest BCUT2D eigenvalue weighted by Gasteiger charge is -2.43. The summed E-state index contributed by atoms with van der Waals surface area (Å²) < 4.78 is 1.39. The van der Waals surface area contributed by atoms with Gasteiger partial charge in [0.2, 0.25) is 0 Å². The van der Waals surface area contributed by atoms with Crippen LogP contribution in [0.5, 0.6) is 0 Å². The summed E-state index contributed by atoms with van der Waals surface area (Å²) in [6.45, 7) is 5.60. The van der Waals surface area contributed by atoms with Gasteiger partial charge >= 0.3 is 0 Å². The Bertz CT molecular complexity index is 667. The number of aromatic nitrogens is 2. The van der Waals surface area contributed by atoms with E-state index in [9.17, 15) is 4.79 Å². The Balaban J connectivity index is 0.00000140. The topological polar surface area (TPSA) is 62.2 Å². The number of hydrogen-bond donors (Lipinski definition) is 2. The molecular weight excluding hydrogens is 397 g/mol. The summed E-state index contributed by atoms with van der Waals surface area (Å²) in [6, 6.07) is 2.41. The molecule has 0 amide bonds. The van der Waals surface area contributed by atoms with Crippen LogP contribution in [0.2, 0.25) is 0 Å². The molecule has 1 saturated carbocycles. The van der Waals surface area contributed by atoms with E-state index in [1.54, 1.807) is 13.1 Å². The number of rotatable bonds is 4. The molecule has 1 atom stereocenters. The predicted octanol–water partition coefficient (Wildman–Crippen LogP) is 2.35. The van der Waals surface area contributed by atoms with E-state index < -0.39 is 0 Å². The minimum absolute atomic E-state index is 0. The van der Waals surface area contributed by atoms with Crippen LogP contribution in [-0.4, -0.2) is 48.5 Å². The second-order valence-corrected chi connectivity index (χ2v) is 8.71. The van der Waals surface area contributed by atoms with E-state index in [-0.39, 0.29) is 30.4 Å². The number of nitrogens with one attached hydrogen (secondary N) is 2. The maximum absolute atomic E-state index is 11.8. The first-order valence-electron chi connectivity index (χ1n) is 10.4. The molecule has 0 aromatic carbocycles. The van der Waals surface area contributed by atoms with E-state index in [0.29, 0.717) is 17.4 Å². The molecule has 1 aromatic heterocycles. The van der Waals surface area contributed by atoms with Gasteiger partial charge in [-0.25, -0.2) is 4.68 Å². The van der Waals surface area contributed by atoms with Crippen LogP contribution in [-0.2, 0) is 7.05 Å². The second-order valence-electron chi connectivity index (χ2n) is 8.71. The largest absolute Gasteiger partial charge is 0.370 e. The smallest absolute Gasteiger partial charge is 0.268 e. The van der Waals surface area contributed by atoms with Crippen LogP contribution in [0.25, 0.3) is 0 Å². The summed E-state index contributed by atoms with van der Waals surface area (Å²) in [6.07, 6.45) is 11.3. The normalized spacial score (nSPS) is 24.6. The lowest BCUT2D eigenvalue weighted by molar-refractivity contribution is 0.115. The lowest BCUT2D eigenvalue weighted by Crippen LogP contribution is -2.44. The van der Waals surface area contributed by atoms with Crippen LogP contribution in [0.15, 0.2) is 17.1 Å². The molecule has 1 aliphatic carbocycles. The number of aryl methyl sites for hydroxylation is 1. The minimum Gasteiger partial charge on any atom is -0.370 e. The highest BCUT2D eigenvalue weighted by atomic mass is 35.5. The van der Waals surface area contributed by atoms with Crippen molar-refractivity contribution in [2.45, 2.75) is 51.0 Å². The molecule has 2 aliphatic heterocycles. The fraction of sp³-hybridized carbons (Fsp3) is 0.800. The van der Waals surface area contributed by atoms with Crippen molar-refractivity contribution in [3.05, 3.63) is 22.6 Å². The van der Waals surface area contributed by atoms with E-state index in [0.717, 1.165) is 25.3 Å². The van der Waals surface area contributed by atoms with Gasteiger partial charge < -0.3 is 15.5 Å². The monoisotopic (exact) mass is 431 g/mol. The van der Waals surface area contributed by atoms with Crippen molar-refractivity contribution in [3.63, 3.8) is 0 Å². The fourth-order valence-electron chi connectivity index (χ4n) is 5.09. The zero-order chi connectivity index (χ0) is 18.0. The molecule has 3 aliphatic rings. The van der Waals surface area contributed by atoms with Gasteiger partial charge in [-0.3, -0.25) is 4.79 Å². The van der Waals surface area contributed by atoms with Crippen LogP contribution in [0.1, 0.15) is 44.9 Å². The zero-order valence-electron chi connectivity index (χ0n) is 16.9. The Labute approximate surface area is 180 Å². The number of anilines is 1. The number of piperidine rings is 1. The first-order valence-corrected chi connectivity index (χ1v) is 10.4. The number of nitrogens with zero attached hydrogens (tertiary/aromatic N) is 3. The van der Waals surface area contributed by atoms with Crippen molar-refractivity contribution in [1.82, 2.24) is 20.4 Å². The van der Waals surface area contributed by atoms with Crippen molar-refractivity contribution in [1.29, 1.82) is 0 Å². The third-order valence-electron chi connectivity index (χ3n) is 7.01. The summed E-state index contributed by atoms with van der Waals surface area (Å²) in [5.41, 5.74) is 1.60. The highest BCUT2D eigenvalue weighted by Gasteiger charge is 2.36. The maximum atomic E-state index is 11.8. The molecule has 3 fully saturated rings. The molecule has 6 nitrogen and oxygen atoms in total. The van der Waals surface area contributed by atoms with Crippen molar-refractivity contribution in [3.8, 4) is 0 Å². The summed E-state index contributed by atoms with van der Waals surface area (Å²) >= 11 is 0. The number of hydrogen-bond acceptors (Lipinski definition) is 5. The lowest BCUT2D eigenvalue weighted by atomic mass is 9.67. The molecule has 28 heavy (non-hydrogen) atoms. The van der Waals surface area contributed by atoms with E-state index >= 15 is 0 Å². The van der Waals surface area contributed by atoms with Gasteiger partial charge in [0.1, 0.15) is 0 Å². The molecule has 160 valence electrons. The third-order valence-corrected chi connectivity index (χ3v) is 7.01. The highest BCUT2D eigenvalue weighted by Crippen LogP contribution is 2.43. The van der Waals surface area contributed by atoms with E-state index in [2.05, 4.69) is 20.6 Å². The Morgan fingerprint density at radius 3 is 2.57 bits per heavy atom. The van der Waals surface area contributed by atoms with Crippen molar-refractivity contribution >= 4 is 30.5 Å². The van der Waals surface area contributed by atoms with Gasteiger partial charge in [-0.05, 0) is 75.9 Å². The molecule has 1 spiro atoms. The first kappa shape index (κ1) is 23.5. The molecule has 0 radical (unpaired) electrons. The fourth-order valence-corrected chi connectivity index (χ4v) is 5.09. The predicted molar refractivity (Wildman–Crippen MR) is 119 cm³/mol. The van der Waals surface area contributed by atoms with E-state index in [1.165, 1.54) is 62.7 Å². The Hall–Kier alpha value is -0.820. The van der Waals surface area contributed by atoms with Gasteiger partial charge in [0.05, 0.1) is 11.9 Å². The van der Waals surface area contributed by atoms with Crippen LogP contribution >= 0.6 is 24.8 Å². The Morgan fingerprint density at radius 1 is 1.18 bits per heavy atom. The molecule has 4 rings (SSSR count). The van der Waals surface area contributed by atoms with Crippen LogP contribution in [0.4, 0.5) is 5.69 Å². The Kier molecular flexibility index (Phi) is 8.61. The summed E-state index contributed by atoms with van der Waals surface area (Å²) in [5.74, 6) is 0.675. The average molecular weight is 432 g/mol. The Morgan fingerprint density at radius 2 is 1.89 bits per heavy atom. The molecule has 8 heteroatoms. The second kappa shape index (κ2) is 10.3. The van der Waals surface area contributed by atoms with Crippen molar-refractivity contribution < 1.29 is 0 Å². The van der Waals surface area contributed by atoms with Crippen LogP contribution in [0, 0.1) is 11.3 Å². The van der Waals surface area contributed by atoms with Crippen molar-refractivity contribution in [2.24, 2.45) is 18.4 Å². The highest BCUT2D eigenvalue weighted by molar-refractivity contribution is 5.85. The summed E-state index contributed by atoms with van der Waals surface area (Å²) in [7, 11) is 1.70. The number of halogens is 2. The van der Waals surface area contributed by atoms with Gasteiger partial charge in [-0.2, -0.15) is 5.10 Å². The van der Waals surface area contributed by atoms with Gasteiger partial charge in [0, 0.05) is 32.2 Å². The molecule has 2 saturated heterocycles. The van der Waals surface area contributed by atoms with E-state index in [4.69, 9.17) is 0 Å². The molecule has 1 aromatic rings. The van der Waals surface area contributed by atoms with Gasteiger partial charge in [-0.1, -0.05) is 0 Å². The summed E-state index contributed by atoms with van der Waals surface area (Å²) in [4.78, 5) is 14.1. The standard InChI is InChI=1S/C20H33N5O.2ClH/c1-24-19(26)12-18(14-23-24)25-11-4-16(15-25)13-22-17-2-5-20(6-3-17)7-9-21-10-8-20;;/h12,14,16-17,21-22H,2-11,13,15H2,1H3;2*1H. The van der Waals surface area contributed by atoms with Crippen molar-refractivity contribution in [2.75, 3.05) is 37.6 Å². The van der Waals surface area contributed by atoms with Crippen LogP contribution in [0.3, 0.4) is 0 Å². The molecule has 0 bridgehead atoms. The summed E-state index contributed by atoms with van der Waals surface area (Å²) in [5, 5.41) is 11.5. The average Bonchev–Trinajstić information content (AvgIpc) is 3.13. The van der Waals surface area contributed by atoms with Gasteiger partial charge in [0.25, 0.3) is 5.56 Å². The van der Waals surface area contributed by atoms with Crippen LogP contribution < -0.4 is 21.1 Å². The SMILES string of the molecule is Cl.Cl.Cn1ncc(N2CCC(CNC3CCC4(CCNCC4)CC3)C2)cc1=O. The first-order chi connectivity index (χ1) is 12.6.